The highest BCUT2D eigenvalue weighted by molar-refractivity contribution is 6.01. The summed E-state index contributed by atoms with van der Waals surface area (Å²) >= 11 is 0. The summed E-state index contributed by atoms with van der Waals surface area (Å²) in [5.41, 5.74) is 2.92. The van der Waals surface area contributed by atoms with Gasteiger partial charge in [0.1, 0.15) is 24.3 Å². The summed E-state index contributed by atoms with van der Waals surface area (Å²) in [6.45, 7) is 2.07. The van der Waals surface area contributed by atoms with Crippen LogP contribution in [0.15, 0.2) is 78.9 Å². The third kappa shape index (κ3) is 3.52. The molecule has 1 aromatic heterocycles. The third-order valence-corrected chi connectivity index (χ3v) is 4.51. The minimum atomic E-state index is -0.857. The molecule has 1 N–H and O–H groups in total. The van der Waals surface area contributed by atoms with Crippen LogP contribution in [0.5, 0.6) is 5.75 Å². The van der Waals surface area contributed by atoms with Crippen molar-refractivity contribution >= 4 is 16.9 Å². The number of rotatable bonds is 5. The first kappa shape index (κ1) is 17.9. The summed E-state index contributed by atoms with van der Waals surface area (Å²) < 4.78 is 7.25. The number of imidazole rings is 1. The highest BCUT2D eigenvalue weighted by Crippen LogP contribution is 2.23. The molecular formula is C23H20N2O3. The SMILES string of the molecule is C[C@H](O)c1nc2ccccc2n1C(=O)c1ccc(OCc2ccccc2)cc1. The minimum Gasteiger partial charge on any atom is -0.489 e. The van der Waals surface area contributed by atoms with E-state index in [1.54, 1.807) is 31.2 Å². The van der Waals surface area contributed by atoms with E-state index >= 15 is 0 Å². The fourth-order valence-corrected chi connectivity index (χ4v) is 3.10. The Morgan fingerprint density at radius 3 is 2.39 bits per heavy atom. The lowest BCUT2D eigenvalue weighted by Crippen LogP contribution is -2.16. The molecule has 0 spiro atoms. The van der Waals surface area contributed by atoms with Crippen molar-refractivity contribution in [3.8, 4) is 5.75 Å². The lowest BCUT2D eigenvalue weighted by molar-refractivity contribution is 0.0944. The number of carbonyl (C=O) groups is 1. The van der Waals surface area contributed by atoms with Crippen LogP contribution in [0, 0.1) is 0 Å². The van der Waals surface area contributed by atoms with Gasteiger partial charge in [0.2, 0.25) is 0 Å². The van der Waals surface area contributed by atoms with Crippen molar-refractivity contribution in [3.05, 3.63) is 95.8 Å². The number of carbonyl (C=O) groups excluding carboxylic acids is 1. The van der Waals surface area contributed by atoms with Gasteiger partial charge in [-0.05, 0) is 48.9 Å². The molecule has 0 aliphatic heterocycles. The van der Waals surface area contributed by atoms with Gasteiger partial charge in [0, 0.05) is 5.56 Å². The number of aliphatic hydroxyl groups excluding tert-OH is 1. The average Bonchev–Trinajstić information content (AvgIpc) is 3.13. The minimum absolute atomic E-state index is 0.237. The Morgan fingerprint density at radius 1 is 1.00 bits per heavy atom. The summed E-state index contributed by atoms with van der Waals surface area (Å²) in [4.78, 5) is 17.5. The van der Waals surface area contributed by atoms with Crippen LogP contribution in [0.3, 0.4) is 0 Å². The number of fused-ring (bicyclic) bond motifs is 1. The van der Waals surface area contributed by atoms with E-state index in [0.717, 1.165) is 5.56 Å². The molecule has 0 unspecified atom stereocenters. The molecule has 0 aliphatic rings. The largest absolute Gasteiger partial charge is 0.489 e. The summed E-state index contributed by atoms with van der Waals surface area (Å²) in [7, 11) is 0. The topological polar surface area (TPSA) is 64.4 Å². The summed E-state index contributed by atoms with van der Waals surface area (Å²) in [5, 5.41) is 10.1. The Labute approximate surface area is 162 Å². The molecule has 28 heavy (non-hydrogen) atoms. The predicted molar refractivity (Wildman–Crippen MR) is 107 cm³/mol. The zero-order chi connectivity index (χ0) is 19.5. The van der Waals surface area contributed by atoms with Gasteiger partial charge in [0.05, 0.1) is 11.0 Å². The second-order valence-electron chi connectivity index (χ2n) is 6.57. The molecule has 0 amide bonds. The van der Waals surface area contributed by atoms with Gasteiger partial charge >= 0.3 is 0 Å². The zero-order valence-electron chi connectivity index (χ0n) is 15.4. The van der Waals surface area contributed by atoms with E-state index in [1.165, 1.54) is 4.57 Å². The van der Waals surface area contributed by atoms with Crippen LogP contribution in [0.2, 0.25) is 0 Å². The number of benzene rings is 3. The van der Waals surface area contributed by atoms with Gasteiger partial charge < -0.3 is 9.84 Å². The lowest BCUT2D eigenvalue weighted by atomic mass is 10.2. The van der Waals surface area contributed by atoms with Gasteiger partial charge in [0.25, 0.3) is 5.91 Å². The van der Waals surface area contributed by atoms with Gasteiger partial charge in [0.15, 0.2) is 0 Å². The second-order valence-corrected chi connectivity index (χ2v) is 6.57. The maximum Gasteiger partial charge on any atom is 0.263 e. The Bertz CT molecular complexity index is 1100. The molecule has 0 aliphatic carbocycles. The molecule has 0 saturated carbocycles. The van der Waals surface area contributed by atoms with Gasteiger partial charge in [-0.25, -0.2) is 4.98 Å². The Hall–Kier alpha value is -3.44. The monoisotopic (exact) mass is 372 g/mol. The number of para-hydroxylation sites is 2. The van der Waals surface area contributed by atoms with Crippen LogP contribution in [0.25, 0.3) is 11.0 Å². The Balaban J connectivity index is 1.59. The van der Waals surface area contributed by atoms with E-state index in [4.69, 9.17) is 4.74 Å². The first-order chi connectivity index (χ1) is 13.6. The molecule has 0 radical (unpaired) electrons. The lowest BCUT2D eigenvalue weighted by Gasteiger charge is -2.11. The number of hydrogen-bond donors (Lipinski definition) is 1. The molecular weight excluding hydrogens is 352 g/mol. The molecule has 5 heteroatoms. The van der Waals surface area contributed by atoms with Crippen LogP contribution < -0.4 is 4.74 Å². The summed E-state index contributed by atoms with van der Waals surface area (Å²) in [6, 6.07) is 24.3. The molecule has 0 bridgehead atoms. The van der Waals surface area contributed by atoms with Crippen molar-refractivity contribution in [1.29, 1.82) is 0 Å². The van der Waals surface area contributed by atoms with Crippen molar-refractivity contribution in [2.45, 2.75) is 19.6 Å². The van der Waals surface area contributed by atoms with E-state index in [1.807, 2.05) is 54.6 Å². The fourth-order valence-electron chi connectivity index (χ4n) is 3.10. The van der Waals surface area contributed by atoms with Crippen LogP contribution >= 0.6 is 0 Å². The van der Waals surface area contributed by atoms with Crippen molar-refractivity contribution in [3.63, 3.8) is 0 Å². The fraction of sp³-hybridized carbons (Fsp3) is 0.130. The van der Waals surface area contributed by atoms with E-state index in [0.29, 0.717) is 34.8 Å². The maximum absolute atomic E-state index is 13.1. The molecule has 0 fully saturated rings. The van der Waals surface area contributed by atoms with Crippen molar-refractivity contribution in [2.75, 3.05) is 0 Å². The first-order valence-electron chi connectivity index (χ1n) is 9.10. The second kappa shape index (κ2) is 7.66. The van der Waals surface area contributed by atoms with Gasteiger partial charge in [-0.15, -0.1) is 0 Å². The maximum atomic E-state index is 13.1. The molecule has 4 aromatic rings. The van der Waals surface area contributed by atoms with Crippen LogP contribution in [0.4, 0.5) is 0 Å². The number of nitrogens with zero attached hydrogens (tertiary/aromatic N) is 2. The molecule has 4 rings (SSSR count). The van der Waals surface area contributed by atoms with Crippen LogP contribution in [0.1, 0.15) is 34.8 Å². The van der Waals surface area contributed by atoms with Gasteiger partial charge in [-0.1, -0.05) is 42.5 Å². The van der Waals surface area contributed by atoms with Crippen LogP contribution in [-0.4, -0.2) is 20.6 Å². The van der Waals surface area contributed by atoms with Crippen molar-refractivity contribution in [2.24, 2.45) is 0 Å². The Morgan fingerprint density at radius 2 is 1.68 bits per heavy atom. The van der Waals surface area contributed by atoms with E-state index in [-0.39, 0.29) is 5.91 Å². The number of ether oxygens (including phenoxy) is 1. The van der Waals surface area contributed by atoms with Gasteiger partial charge in [-0.2, -0.15) is 0 Å². The molecule has 0 saturated heterocycles. The van der Waals surface area contributed by atoms with Gasteiger partial charge in [-0.3, -0.25) is 9.36 Å². The molecule has 5 nitrogen and oxygen atoms in total. The third-order valence-electron chi connectivity index (χ3n) is 4.51. The number of aromatic nitrogens is 2. The highest BCUT2D eigenvalue weighted by Gasteiger charge is 2.20. The quantitative estimate of drug-likeness (QED) is 0.565. The number of hydrogen-bond acceptors (Lipinski definition) is 4. The average molecular weight is 372 g/mol. The van der Waals surface area contributed by atoms with Crippen molar-refractivity contribution in [1.82, 2.24) is 9.55 Å². The van der Waals surface area contributed by atoms with E-state index < -0.39 is 6.10 Å². The first-order valence-corrected chi connectivity index (χ1v) is 9.10. The molecule has 1 atom stereocenters. The van der Waals surface area contributed by atoms with E-state index in [9.17, 15) is 9.90 Å². The predicted octanol–water partition coefficient (Wildman–Crippen LogP) is 4.36. The molecule has 140 valence electrons. The molecule has 3 aromatic carbocycles. The van der Waals surface area contributed by atoms with Crippen LogP contribution in [-0.2, 0) is 6.61 Å². The summed E-state index contributed by atoms with van der Waals surface area (Å²) in [6.07, 6.45) is -0.857. The number of aliphatic hydroxyl groups is 1. The van der Waals surface area contributed by atoms with E-state index in [2.05, 4.69) is 4.98 Å². The zero-order valence-corrected chi connectivity index (χ0v) is 15.4. The standard InChI is InChI=1S/C23H20N2O3/c1-16(26)22-24-20-9-5-6-10-21(20)25(22)23(27)18-11-13-19(14-12-18)28-15-17-7-3-2-4-8-17/h2-14,16,26H,15H2,1H3/t16-/m0/s1. The Kier molecular flexibility index (Phi) is 4.91. The molecule has 1 heterocycles. The smallest absolute Gasteiger partial charge is 0.263 e. The van der Waals surface area contributed by atoms with Crippen molar-refractivity contribution < 1.29 is 14.6 Å². The highest BCUT2D eigenvalue weighted by atomic mass is 16.5. The summed E-state index contributed by atoms with van der Waals surface area (Å²) in [5.74, 6) is 0.779. The normalized spacial score (nSPS) is 12.1.